The lowest BCUT2D eigenvalue weighted by molar-refractivity contribution is -0.137. The van der Waals surface area contributed by atoms with Crippen LogP contribution in [0.4, 0.5) is 18.9 Å². The fourth-order valence-electron chi connectivity index (χ4n) is 2.32. The third-order valence-electron chi connectivity index (χ3n) is 3.73. The van der Waals surface area contributed by atoms with Crippen LogP contribution in [0.25, 0.3) is 16.8 Å². The number of anilines is 1. The maximum atomic E-state index is 13.0. The number of rotatable bonds is 4. The molecule has 148 valence electrons. The number of nitriles is 1. The van der Waals surface area contributed by atoms with Crippen LogP contribution < -0.4 is 5.32 Å². The Hall–Kier alpha value is -2.24. The van der Waals surface area contributed by atoms with E-state index >= 15 is 0 Å². The molecular formula is C19H9Cl3F3N3S. The van der Waals surface area contributed by atoms with Crippen molar-refractivity contribution in [3.63, 3.8) is 0 Å². The summed E-state index contributed by atoms with van der Waals surface area (Å²) in [5.74, 6) is 0. The van der Waals surface area contributed by atoms with E-state index in [4.69, 9.17) is 34.8 Å². The quantitative estimate of drug-likeness (QED) is 0.393. The first kappa shape index (κ1) is 21.5. The zero-order chi connectivity index (χ0) is 21.2. The molecule has 0 unspecified atom stereocenters. The second kappa shape index (κ2) is 8.64. The van der Waals surface area contributed by atoms with Crippen molar-refractivity contribution in [1.82, 2.24) is 4.98 Å². The Morgan fingerprint density at radius 3 is 2.45 bits per heavy atom. The zero-order valence-corrected chi connectivity index (χ0v) is 17.3. The molecule has 0 amide bonds. The monoisotopic (exact) mass is 473 g/mol. The van der Waals surface area contributed by atoms with Gasteiger partial charge in [-0.15, -0.1) is 11.3 Å². The molecule has 0 fully saturated rings. The van der Waals surface area contributed by atoms with Crippen LogP contribution in [0.2, 0.25) is 15.1 Å². The lowest BCUT2D eigenvalue weighted by Gasteiger charge is -2.10. The van der Waals surface area contributed by atoms with Crippen LogP contribution in [0.5, 0.6) is 0 Å². The molecule has 0 saturated heterocycles. The van der Waals surface area contributed by atoms with Crippen LogP contribution in [-0.4, -0.2) is 4.98 Å². The van der Waals surface area contributed by atoms with Gasteiger partial charge in [-0.25, -0.2) is 4.98 Å². The summed E-state index contributed by atoms with van der Waals surface area (Å²) in [5, 5.41) is 14.6. The van der Waals surface area contributed by atoms with E-state index in [-0.39, 0.29) is 11.3 Å². The van der Waals surface area contributed by atoms with Gasteiger partial charge in [0, 0.05) is 22.8 Å². The van der Waals surface area contributed by atoms with E-state index < -0.39 is 16.8 Å². The van der Waals surface area contributed by atoms with Gasteiger partial charge in [-0.2, -0.15) is 18.4 Å². The summed E-state index contributed by atoms with van der Waals surface area (Å²) < 4.78 is 38.9. The summed E-state index contributed by atoms with van der Waals surface area (Å²) in [4.78, 5) is 4.39. The summed E-state index contributed by atoms with van der Waals surface area (Å²) in [6.45, 7) is 0. The number of benzene rings is 2. The number of alkyl halides is 3. The number of nitrogens with zero attached hydrogens (tertiary/aromatic N) is 2. The van der Waals surface area contributed by atoms with E-state index in [9.17, 15) is 18.4 Å². The van der Waals surface area contributed by atoms with Crippen molar-refractivity contribution < 1.29 is 13.2 Å². The van der Waals surface area contributed by atoms with Crippen molar-refractivity contribution in [2.24, 2.45) is 0 Å². The highest BCUT2D eigenvalue weighted by Gasteiger charge is 2.33. The molecule has 10 heteroatoms. The Morgan fingerprint density at radius 2 is 1.79 bits per heavy atom. The number of nitrogens with one attached hydrogen (secondary N) is 1. The third-order valence-corrected chi connectivity index (χ3v) is 5.67. The van der Waals surface area contributed by atoms with Gasteiger partial charge in [0.2, 0.25) is 0 Å². The van der Waals surface area contributed by atoms with Crippen molar-refractivity contribution in [3.05, 3.63) is 73.6 Å². The molecule has 29 heavy (non-hydrogen) atoms. The number of halogens is 6. The number of thiazole rings is 1. The van der Waals surface area contributed by atoms with E-state index in [0.29, 0.717) is 20.7 Å². The fourth-order valence-corrected chi connectivity index (χ4v) is 3.63. The summed E-state index contributed by atoms with van der Waals surface area (Å²) >= 11 is 18.7. The topological polar surface area (TPSA) is 48.7 Å². The van der Waals surface area contributed by atoms with Gasteiger partial charge in [0.25, 0.3) is 0 Å². The van der Waals surface area contributed by atoms with Crippen LogP contribution in [0, 0.1) is 11.3 Å². The average molecular weight is 475 g/mol. The first-order valence-corrected chi connectivity index (χ1v) is 9.85. The van der Waals surface area contributed by atoms with Crippen LogP contribution in [0.15, 0.2) is 48.0 Å². The molecule has 0 saturated carbocycles. The Bertz CT molecular complexity index is 1130. The first-order chi connectivity index (χ1) is 13.7. The number of hydrogen-bond acceptors (Lipinski definition) is 4. The van der Waals surface area contributed by atoms with E-state index in [2.05, 4.69) is 10.3 Å². The van der Waals surface area contributed by atoms with Gasteiger partial charge in [-0.1, -0.05) is 40.9 Å². The molecule has 3 rings (SSSR count). The second-order valence-electron chi connectivity index (χ2n) is 5.67. The Kier molecular flexibility index (Phi) is 6.39. The highest BCUT2D eigenvalue weighted by atomic mass is 35.5. The van der Waals surface area contributed by atoms with Gasteiger partial charge in [-0.05, 0) is 30.3 Å². The highest BCUT2D eigenvalue weighted by Crippen LogP contribution is 2.36. The van der Waals surface area contributed by atoms with Crippen LogP contribution in [0.1, 0.15) is 10.6 Å². The molecule has 3 aromatic rings. The molecular weight excluding hydrogens is 466 g/mol. The molecule has 0 bridgehead atoms. The highest BCUT2D eigenvalue weighted by molar-refractivity contribution is 7.11. The van der Waals surface area contributed by atoms with Crippen molar-refractivity contribution >= 4 is 57.4 Å². The van der Waals surface area contributed by atoms with Gasteiger partial charge in [0.1, 0.15) is 16.6 Å². The van der Waals surface area contributed by atoms with Gasteiger partial charge in [-0.3, -0.25) is 0 Å². The fraction of sp³-hybridized carbons (Fsp3) is 0.0526. The maximum absolute atomic E-state index is 13.0. The van der Waals surface area contributed by atoms with Crippen LogP contribution in [-0.2, 0) is 6.18 Å². The molecule has 0 aliphatic rings. The number of aromatic nitrogens is 1. The normalized spacial score (nSPS) is 12.0. The Balaban J connectivity index is 1.85. The lowest BCUT2D eigenvalue weighted by atomic mass is 10.2. The van der Waals surface area contributed by atoms with Crippen LogP contribution >= 0.6 is 46.1 Å². The molecule has 1 aromatic heterocycles. The van der Waals surface area contributed by atoms with Gasteiger partial charge in [0.05, 0.1) is 26.3 Å². The lowest BCUT2D eigenvalue weighted by Crippen LogP contribution is -2.06. The largest absolute Gasteiger partial charge is 0.417 e. The minimum absolute atomic E-state index is 0.135. The predicted octanol–water partition coefficient (Wildman–Crippen LogP) is 7.77. The maximum Gasteiger partial charge on any atom is 0.417 e. The van der Waals surface area contributed by atoms with Crippen molar-refractivity contribution in [1.29, 1.82) is 5.26 Å². The molecule has 2 aromatic carbocycles. The van der Waals surface area contributed by atoms with E-state index in [1.165, 1.54) is 23.6 Å². The average Bonchev–Trinajstić information content (AvgIpc) is 3.15. The Morgan fingerprint density at radius 1 is 1.07 bits per heavy atom. The second-order valence-corrected chi connectivity index (χ2v) is 7.75. The van der Waals surface area contributed by atoms with Crippen molar-refractivity contribution in [2.45, 2.75) is 6.18 Å². The molecule has 1 N–H and O–H groups in total. The summed E-state index contributed by atoms with van der Waals surface area (Å²) in [6.07, 6.45) is -3.29. The molecule has 1 heterocycles. The van der Waals surface area contributed by atoms with Gasteiger partial charge in [0.15, 0.2) is 0 Å². The Labute approximate surface area is 183 Å². The zero-order valence-electron chi connectivity index (χ0n) is 14.2. The SMILES string of the molecule is N#C/C(=C/Nc1ccc(Cl)c(C(F)(F)F)c1)c1nc(-c2ccc(Cl)c(Cl)c2)cs1. The molecule has 0 aliphatic heterocycles. The standard InChI is InChI=1S/C19H9Cl3F3N3S/c20-14-4-2-12(6-13(14)19(23,24)25)27-8-11(7-26)18-28-17(9-29-18)10-1-3-15(21)16(22)5-10/h1-6,8-9,27H/b11-8-. The van der Waals surface area contributed by atoms with Crippen LogP contribution in [0.3, 0.4) is 0 Å². The van der Waals surface area contributed by atoms with Gasteiger partial charge >= 0.3 is 6.18 Å². The summed E-state index contributed by atoms with van der Waals surface area (Å²) in [6, 6.07) is 10.4. The third kappa shape index (κ3) is 5.03. The number of allylic oxidation sites excluding steroid dienone is 1. The van der Waals surface area contributed by atoms with Gasteiger partial charge < -0.3 is 5.32 Å². The van der Waals surface area contributed by atoms with E-state index in [0.717, 1.165) is 17.7 Å². The molecule has 0 radical (unpaired) electrons. The minimum atomic E-state index is -4.58. The smallest absolute Gasteiger partial charge is 0.360 e. The molecule has 0 atom stereocenters. The summed E-state index contributed by atoms with van der Waals surface area (Å²) in [5.41, 5.74) is 0.642. The molecule has 3 nitrogen and oxygen atoms in total. The molecule has 0 spiro atoms. The minimum Gasteiger partial charge on any atom is -0.360 e. The number of hydrogen-bond donors (Lipinski definition) is 1. The predicted molar refractivity (Wildman–Crippen MR) is 111 cm³/mol. The first-order valence-electron chi connectivity index (χ1n) is 7.84. The summed E-state index contributed by atoms with van der Waals surface area (Å²) in [7, 11) is 0. The van der Waals surface area contributed by atoms with E-state index in [1.54, 1.807) is 23.6 Å². The van der Waals surface area contributed by atoms with E-state index in [1.807, 2.05) is 6.07 Å². The molecule has 0 aliphatic carbocycles. The van der Waals surface area contributed by atoms with Crippen molar-refractivity contribution in [2.75, 3.05) is 5.32 Å². The van der Waals surface area contributed by atoms with Crippen molar-refractivity contribution in [3.8, 4) is 17.3 Å².